The van der Waals surface area contributed by atoms with Gasteiger partial charge in [-0.3, -0.25) is 0 Å². The van der Waals surface area contributed by atoms with Gasteiger partial charge in [0.1, 0.15) is 7.85 Å². The van der Waals surface area contributed by atoms with E-state index in [2.05, 4.69) is 63.2 Å². The van der Waals surface area contributed by atoms with Crippen LogP contribution in [0.25, 0.3) is 0 Å². The normalized spacial score (nSPS) is 19.9. The zero-order chi connectivity index (χ0) is 15.9. The van der Waals surface area contributed by atoms with E-state index in [0.717, 1.165) is 41.3 Å². The fourth-order valence-electron chi connectivity index (χ4n) is 3.68. The zero-order valence-electron chi connectivity index (χ0n) is 15.9. The lowest BCUT2D eigenvalue weighted by molar-refractivity contribution is 0.197. The predicted molar refractivity (Wildman–Crippen MR) is 97.1 cm³/mol. The quantitative estimate of drug-likeness (QED) is 0.442. The molecule has 0 aromatic carbocycles. The van der Waals surface area contributed by atoms with Gasteiger partial charge in [-0.25, -0.2) is 0 Å². The molecule has 0 aromatic heterocycles. The van der Waals surface area contributed by atoms with Gasteiger partial charge in [0.05, 0.1) is 0 Å². The first-order valence-corrected chi connectivity index (χ1v) is 9.20. The molecule has 0 amide bonds. The zero-order valence-corrected chi connectivity index (χ0v) is 15.9. The maximum atomic E-state index is 2.47. The van der Waals surface area contributed by atoms with Crippen LogP contribution in [0.4, 0.5) is 0 Å². The van der Waals surface area contributed by atoms with E-state index in [9.17, 15) is 0 Å². The Morgan fingerprint density at radius 1 is 0.850 bits per heavy atom. The Labute approximate surface area is 130 Å². The molecule has 0 heterocycles. The molecule has 0 fully saturated rings. The Hall–Kier alpha value is 0.0649. The predicted octanol–water partition coefficient (Wildman–Crippen LogP) is 5.82. The lowest BCUT2D eigenvalue weighted by atomic mass is 9.67. The average molecular weight is 280 g/mol. The largest absolute Gasteiger partial charge is 0.105 e. The molecule has 5 unspecified atom stereocenters. The third-order valence-electron chi connectivity index (χ3n) is 5.68. The summed E-state index contributed by atoms with van der Waals surface area (Å²) in [6.07, 6.45) is 5.62. The highest BCUT2D eigenvalue weighted by atomic mass is 14.3. The third-order valence-corrected chi connectivity index (χ3v) is 5.68. The Morgan fingerprint density at radius 3 is 1.75 bits per heavy atom. The number of hydrogen-bond donors (Lipinski definition) is 0. The van der Waals surface area contributed by atoms with Gasteiger partial charge in [-0.2, -0.15) is 0 Å². The van der Waals surface area contributed by atoms with E-state index in [1.165, 1.54) is 25.7 Å². The molecular weight excluding hydrogens is 239 g/mol. The first-order valence-electron chi connectivity index (χ1n) is 9.20. The summed E-state index contributed by atoms with van der Waals surface area (Å²) in [5.74, 6) is 6.05. The van der Waals surface area contributed by atoms with Gasteiger partial charge >= 0.3 is 0 Å². The molecule has 0 bridgehead atoms. The Kier molecular flexibility index (Phi) is 9.94. The molecule has 0 aliphatic heterocycles. The van der Waals surface area contributed by atoms with E-state index in [4.69, 9.17) is 0 Å². The second-order valence-electron chi connectivity index (χ2n) is 8.36. The van der Waals surface area contributed by atoms with Crippen molar-refractivity contribution in [3.8, 4) is 0 Å². The van der Waals surface area contributed by atoms with Crippen molar-refractivity contribution in [2.24, 2.45) is 35.5 Å². The van der Waals surface area contributed by atoms with Gasteiger partial charge in [0.15, 0.2) is 0 Å². The topological polar surface area (TPSA) is 0 Å². The molecule has 0 aromatic rings. The smallest absolute Gasteiger partial charge is 0.0697 e. The maximum absolute atomic E-state index is 2.47. The van der Waals surface area contributed by atoms with Crippen LogP contribution in [-0.2, 0) is 0 Å². The van der Waals surface area contributed by atoms with Crippen molar-refractivity contribution >= 4 is 7.85 Å². The van der Waals surface area contributed by atoms with Gasteiger partial charge in [-0.15, -0.1) is 0 Å². The van der Waals surface area contributed by atoms with Crippen LogP contribution in [0.1, 0.15) is 81.1 Å². The first kappa shape index (κ1) is 20.1. The molecule has 0 radical (unpaired) electrons. The van der Waals surface area contributed by atoms with E-state index in [0.29, 0.717) is 0 Å². The average Bonchev–Trinajstić information content (AvgIpc) is 2.35. The second kappa shape index (κ2) is 9.90. The summed E-state index contributed by atoms with van der Waals surface area (Å²) in [7, 11) is 2.39. The van der Waals surface area contributed by atoms with E-state index in [1.807, 2.05) is 0 Å². The summed E-state index contributed by atoms with van der Waals surface area (Å²) in [6.45, 7) is 19.3. The van der Waals surface area contributed by atoms with E-state index >= 15 is 0 Å². The standard InChI is InChI=1S/C19H41B/c1-9-15(6)18(12-13(2)3)10-11-19(14(4)5)16(7)17(8)20/h13-19H,9-12,20H2,1-8H3. The molecule has 0 rings (SSSR count). The molecule has 0 saturated carbocycles. The van der Waals surface area contributed by atoms with E-state index in [1.54, 1.807) is 0 Å². The van der Waals surface area contributed by atoms with Crippen molar-refractivity contribution in [3.05, 3.63) is 0 Å². The van der Waals surface area contributed by atoms with Crippen LogP contribution in [0, 0.1) is 35.5 Å². The fraction of sp³-hybridized carbons (Fsp3) is 1.00. The van der Waals surface area contributed by atoms with Gasteiger partial charge in [-0.1, -0.05) is 67.6 Å². The van der Waals surface area contributed by atoms with Gasteiger partial charge in [0.25, 0.3) is 0 Å². The molecule has 0 aliphatic rings. The van der Waals surface area contributed by atoms with Crippen molar-refractivity contribution in [2.45, 2.75) is 86.9 Å². The minimum atomic E-state index is 0.814. The summed E-state index contributed by atoms with van der Waals surface area (Å²) in [5.41, 5.74) is 0. The van der Waals surface area contributed by atoms with Gasteiger partial charge in [0.2, 0.25) is 0 Å². The van der Waals surface area contributed by atoms with Crippen LogP contribution in [0.15, 0.2) is 0 Å². The van der Waals surface area contributed by atoms with Crippen molar-refractivity contribution in [1.82, 2.24) is 0 Å². The fourth-order valence-corrected chi connectivity index (χ4v) is 3.68. The SMILES string of the molecule is BC(C)C(C)C(CCC(CC(C)C)C(C)CC)C(C)C. The van der Waals surface area contributed by atoms with Gasteiger partial charge in [0, 0.05) is 0 Å². The molecule has 0 saturated heterocycles. The molecule has 0 N–H and O–H groups in total. The van der Waals surface area contributed by atoms with Crippen LogP contribution in [0.5, 0.6) is 0 Å². The van der Waals surface area contributed by atoms with Crippen LogP contribution in [-0.4, -0.2) is 7.85 Å². The van der Waals surface area contributed by atoms with Crippen LogP contribution in [0.3, 0.4) is 0 Å². The summed E-state index contributed by atoms with van der Waals surface area (Å²) >= 11 is 0. The molecule has 0 spiro atoms. The minimum absolute atomic E-state index is 0.814. The van der Waals surface area contributed by atoms with Crippen LogP contribution in [0.2, 0.25) is 5.82 Å². The molecule has 120 valence electrons. The van der Waals surface area contributed by atoms with Crippen LogP contribution < -0.4 is 0 Å². The monoisotopic (exact) mass is 280 g/mol. The first-order chi connectivity index (χ1) is 9.20. The molecule has 0 aliphatic carbocycles. The minimum Gasteiger partial charge on any atom is -0.0697 e. The van der Waals surface area contributed by atoms with Gasteiger partial charge in [-0.05, 0) is 54.8 Å². The van der Waals surface area contributed by atoms with E-state index in [-0.39, 0.29) is 0 Å². The summed E-state index contributed by atoms with van der Waals surface area (Å²) in [6, 6.07) is 0. The number of hydrogen-bond acceptors (Lipinski definition) is 0. The van der Waals surface area contributed by atoms with Crippen LogP contribution >= 0.6 is 0 Å². The lowest BCUT2D eigenvalue weighted by Gasteiger charge is -2.33. The maximum Gasteiger partial charge on any atom is 0.105 e. The third kappa shape index (κ3) is 7.18. The summed E-state index contributed by atoms with van der Waals surface area (Å²) < 4.78 is 0. The molecule has 5 atom stereocenters. The van der Waals surface area contributed by atoms with Crippen molar-refractivity contribution in [1.29, 1.82) is 0 Å². The van der Waals surface area contributed by atoms with Crippen molar-refractivity contribution in [3.63, 3.8) is 0 Å². The Morgan fingerprint density at radius 2 is 1.40 bits per heavy atom. The number of rotatable bonds is 10. The molecule has 1 heteroatoms. The summed E-state index contributed by atoms with van der Waals surface area (Å²) in [4.78, 5) is 0. The highest BCUT2D eigenvalue weighted by Gasteiger charge is 2.25. The van der Waals surface area contributed by atoms with Gasteiger partial charge < -0.3 is 0 Å². The summed E-state index contributed by atoms with van der Waals surface area (Å²) in [5, 5.41) is 0. The lowest BCUT2D eigenvalue weighted by Crippen LogP contribution is -2.23. The highest BCUT2D eigenvalue weighted by molar-refractivity contribution is 6.11. The Bertz CT molecular complexity index is 232. The van der Waals surface area contributed by atoms with Crippen molar-refractivity contribution < 1.29 is 0 Å². The van der Waals surface area contributed by atoms with Crippen molar-refractivity contribution in [2.75, 3.05) is 0 Å². The Balaban J connectivity index is 4.61. The molecule has 20 heavy (non-hydrogen) atoms. The molecule has 0 nitrogen and oxygen atoms in total. The molecular formula is C19H41B. The second-order valence-corrected chi connectivity index (χ2v) is 8.36. The van der Waals surface area contributed by atoms with E-state index < -0.39 is 0 Å². The highest BCUT2D eigenvalue weighted by Crippen LogP contribution is 2.36.